The normalized spacial score (nSPS) is 10.9. The largest absolute Gasteiger partial charge is 0.493 e. The molecule has 4 N–H and O–H groups in total. The van der Waals surface area contributed by atoms with E-state index < -0.39 is 11.9 Å². The smallest absolute Gasteiger partial charge is 0.337 e. The Labute approximate surface area is 369 Å². The van der Waals surface area contributed by atoms with Crippen molar-refractivity contribution in [1.29, 1.82) is 0 Å². The van der Waals surface area contributed by atoms with E-state index in [1.807, 2.05) is 60.7 Å². The molecule has 8 rings (SSSR count). The van der Waals surface area contributed by atoms with E-state index in [4.69, 9.17) is 23.2 Å². The minimum atomic E-state index is -1.08. The summed E-state index contributed by atoms with van der Waals surface area (Å²) >= 11 is 12.2. The van der Waals surface area contributed by atoms with Crippen molar-refractivity contribution in [3.63, 3.8) is 0 Å². The molecule has 61 heavy (non-hydrogen) atoms. The Morgan fingerprint density at radius 3 is 1.23 bits per heavy atom. The molecule has 0 bridgehead atoms. The van der Waals surface area contributed by atoms with Crippen LogP contribution in [-0.2, 0) is 17.4 Å². The molecule has 0 aliphatic carbocycles. The molecule has 2 aromatic heterocycles. The van der Waals surface area contributed by atoms with Gasteiger partial charge >= 0.3 is 11.9 Å². The maximum atomic E-state index is 11.5. The summed E-state index contributed by atoms with van der Waals surface area (Å²) in [7, 11) is 0. The molecule has 0 aliphatic rings. The molecule has 0 saturated heterocycles. The van der Waals surface area contributed by atoms with Crippen LogP contribution in [0, 0.1) is 0 Å². The first-order valence-electron chi connectivity index (χ1n) is 18.1. The van der Waals surface area contributed by atoms with E-state index in [9.17, 15) is 30.0 Å². The molecule has 302 valence electrons. The van der Waals surface area contributed by atoms with Crippen molar-refractivity contribution in [1.82, 2.24) is 19.6 Å². The number of aromatic nitrogens is 4. The number of aromatic carboxylic acids is 2. The van der Waals surface area contributed by atoms with E-state index in [-0.39, 0.29) is 51.6 Å². The van der Waals surface area contributed by atoms with Crippen LogP contribution in [0.15, 0.2) is 168 Å². The van der Waals surface area contributed by atoms with Gasteiger partial charge < -0.3 is 20.4 Å². The van der Waals surface area contributed by atoms with E-state index in [2.05, 4.69) is 20.2 Å². The number of rotatable bonds is 10. The SMILES string of the molecule is O=C(O)c1ccccc1N=Cc1c(-c2ccccc2)nn(-c2cccc(Cl)c2)c1O.O=C(O)c1ccccc1N=Cc1c(-c2ccccc2)nn(-c2cccc(Cl)c2)c1O.[Cr]. The molecular weight excluding hydrogens is 855 g/mol. The summed E-state index contributed by atoms with van der Waals surface area (Å²) in [6, 6.07) is 45.4. The standard InChI is InChI=1S/2C23H16ClN3O3.Cr/c2*24-16-9-6-10-17(13-16)27-22(28)19(21(26-27)15-7-2-1-3-8-15)14-25-20-12-5-4-11-18(20)23(29)30;/h2*1-14,28H,(H,29,30);. The van der Waals surface area contributed by atoms with E-state index in [1.54, 1.807) is 84.9 Å². The third-order valence-corrected chi connectivity index (χ3v) is 9.40. The first kappa shape index (κ1) is 43.3. The van der Waals surface area contributed by atoms with E-state index in [0.29, 0.717) is 43.9 Å². The van der Waals surface area contributed by atoms with Crippen molar-refractivity contribution < 1.29 is 47.4 Å². The van der Waals surface area contributed by atoms with Crippen molar-refractivity contribution in [3.05, 3.63) is 190 Å². The van der Waals surface area contributed by atoms with Crippen LogP contribution >= 0.6 is 23.2 Å². The fraction of sp³-hybridized carbons (Fsp3) is 0. The average molecular weight is 888 g/mol. The number of nitrogens with zero attached hydrogens (tertiary/aromatic N) is 6. The van der Waals surface area contributed by atoms with Crippen LogP contribution in [0.3, 0.4) is 0 Å². The van der Waals surface area contributed by atoms with Gasteiger partial charge in [0.25, 0.3) is 0 Å². The molecule has 0 saturated carbocycles. The minimum Gasteiger partial charge on any atom is -0.493 e. The number of carboxylic acids is 2. The van der Waals surface area contributed by atoms with Gasteiger partial charge in [-0.2, -0.15) is 19.6 Å². The average Bonchev–Trinajstić information content (AvgIpc) is 3.78. The number of aliphatic imine (C=N–C) groups is 2. The number of halogens is 2. The van der Waals surface area contributed by atoms with Crippen LogP contribution in [0.5, 0.6) is 11.8 Å². The monoisotopic (exact) mass is 886 g/mol. The summed E-state index contributed by atoms with van der Waals surface area (Å²) in [6.07, 6.45) is 2.85. The second kappa shape index (κ2) is 19.7. The number of benzene rings is 6. The summed E-state index contributed by atoms with van der Waals surface area (Å²) in [5.41, 5.74) is 5.15. The van der Waals surface area contributed by atoms with Gasteiger partial charge in [0.15, 0.2) is 0 Å². The van der Waals surface area contributed by atoms with Gasteiger partial charge in [0, 0.05) is 51.0 Å². The number of hydrogen-bond donors (Lipinski definition) is 4. The first-order chi connectivity index (χ1) is 29.1. The maximum absolute atomic E-state index is 11.5. The molecule has 0 amide bonds. The van der Waals surface area contributed by atoms with Crippen LogP contribution in [0.4, 0.5) is 11.4 Å². The van der Waals surface area contributed by atoms with Gasteiger partial charge in [-0.25, -0.2) is 9.59 Å². The van der Waals surface area contributed by atoms with Gasteiger partial charge in [-0.3, -0.25) is 9.98 Å². The zero-order chi connectivity index (χ0) is 42.2. The minimum absolute atomic E-state index is 0. The molecule has 0 fully saturated rings. The zero-order valence-corrected chi connectivity index (χ0v) is 34.4. The topological polar surface area (TPSA) is 175 Å². The second-order valence-corrected chi connectivity index (χ2v) is 13.7. The van der Waals surface area contributed by atoms with Crippen LogP contribution in [0.25, 0.3) is 33.9 Å². The van der Waals surface area contributed by atoms with Gasteiger partial charge in [-0.15, -0.1) is 0 Å². The van der Waals surface area contributed by atoms with E-state index in [1.165, 1.54) is 33.9 Å². The first-order valence-corrected chi connectivity index (χ1v) is 18.8. The van der Waals surface area contributed by atoms with Gasteiger partial charge in [0.05, 0.1) is 45.0 Å². The van der Waals surface area contributed by atoms with Crippen molar-refractivity contribution >= 4 is 58.9 Å². The predicted octanol–water partition coefficient (Wildman–Crippen LogP) is 10.7. The summed E-state index contributed by atoms with van der Waals surface area (Å²) in [5, 5.41) is 50.7. The predicted molar refractivity (Wildman–Crippen MR) is 233 cm³/mol. The molecule has 0 radical (unpaired) electrons. The van der Waals surface area contributed by atoms with Crippen LogP contribution in [-0.4, -0.2) is 64.4 Å². The quantitative estimate of drug-likeness (QED) is 0.0981. The Balaban J connectivity index is 0.000000201. The Bertz CT molecular complexity index is 2700. The third kappa shape index (κ3) is 9.96. The fourth-order valence-corrected chi connectivity index (χ4v) is 6.45. The Morgan fingerprint density at radius 2 is 0.869 bits per heavy atom. The van der Waals surface area contributed by atoms with Crippen molar-refractivity contribution in [2.24, 2.45) is 9.98 Å². The van der Waals surface area contributed by atoms with Crippen molar-refractivity contribution in [2.45, 2.75) is 0 Å². The van der Waals surface area contributed by atoms with Crippen LogP contribution < -0.4 is 0 Å². The maximum Gasteiger partial charge on any atom is 0.337 e. The number of carbonyl (C=O) groups is 2. The summed E-state index contributed by atoms with van der Waals surface area (Å²) in [4.78, 5) is 31.6. The Hall–Kier alpha value is -7.27. The van der Waals surface area contributed by atoms with Crippen LogP contribution in [0.2, 0.25) is 10.0 Å². The van der Waals surface area contributed by atoms with E-state index in [0.717, 1.165) is 11.1 Å². The van der Waals surface area contributed by atoms with Gasteiger partial charge in [-0.05, 0) is 60.7 Å². The molecule has 0 aliphatic heterocycles. The molecule has 2 heterocycles. The fourth-order valence-electron chi connectivity index (χ4n) is 6.08. The molecule has 12 nitrogen and oxygen atoms in total. The Kier molecular flexibility index (Phi) is 14.0. The Morgan fingerprint density at radius 1 is 0.508 bits per heavy atom. The molecule has 0 unspecified atom stereocenters. The van der Waals surface area contributed by atoms with Crippen LogP contribution in [0.1, 0.15) is 31.8 Å². The molecule has 6 aromatic carbocycles. The van der Waals surface area contributed by atoms with Crippen molar-refractivity contribution in [3.8, 4) is 45.6 Å². The molecular formula is C46H32Cl2CrN6O6. The van der Waals surface area contributed by atoms with E-state index >= 15 is 0 Å². The van der Waals surface area contributed by atoms with Gasteiger partial charge in [-0.1, -0.05) is 120 Å². The molecule has 15 heteroatoms. The van der Waals surface area contributed by atoms with Gasteiger partial charge in [0.1, 0.15) is 11.4 Å². The number of hydrogen-bond acceptors (Lipinski definition) is 8. The zero-order valence-electron chi connectivity index (χ0n) is 31.6. The summed E-state index contributed by atoms with van der Waals surface area (Å²) in [6.45, 7) is 0. The van der Waals surface area contributed by atoms with Gasteiger partial charge in [0.2, 0.25) is 11.8 Å². The molecule has 8 aromatic rings. The van der Waals surface area contributed by atoms with Crippen molar-refractivity contribution in [2.75, 3.05) is 0 Å². The summed E-state index contributed by atoms with van der Waals surface area (Å²) in [5.74, 6) is -2.42. The third-order valence-electron chi connectivity index (χ3n) is 8.93. The molecule has 0 atom stereocenters. The second-order valence-electron chi connectivity index (χ2n) is 12.8. The number of para-hydroxylation sites is 2. The number of carboxylic acid groups (broad SMARTS) is 2. The number of aromatic hydroxyl groups is 2. The summed E-state index contributed by atoms with van der Waals surface area (Å²) < 4.78 is 2.75. The molecule has 0 spiro atoms.